The maximum absolute atomic E-state index is 13.6. The van der Waals surface area contributed by atoms with Crippen molar-refractivity contribution in [2.75, 3.05) is 6.61 Å². The first-order valence-electron chi connectivity index (χ1n) is 8.14. The van der Waals surface area contributed by atoms with E-state index in [0.717, 1.165) is 12.1 Å². The largest absolute Gasteiger partial charge is 0.460 e. The summed E-state index contributed by atoms with van der Waals surface area (Å²) in [7, 11) is 0. The lowest BCUT2D eigenvalue weighted by Crippen LogP contribution is -2.73. The molecule has 0 aliphatic rings. The summed E-state index contributed by atoms with van der Waals surface area (Å²) in [5.41, 5.74) is 0.433. The summed E-state index contributed by atoms with van der Waals surface area (Å²) in [6.07, 6.45) is -6.31. The zero-order chi connectivity index (χ0) is 26.3. The lowest BCUT2D eigenvalue weighted by Gasteiger charge is -2.41. The average Bonchev–Trinajstić information content (AvgIpc) is 2.66. The highest BCUT2D eigenvalue weighted by Gasteiger charge is 2.93. The number of hydrogen-bond acceptors (Lipinski definition) is 1. The van der Waals surface area contributed by atoms with Crippen LogP contribution < -0.4 is 0 Å². The molecule has 1 nitrogen and oxygen atoms in total. The molecule has 1 aromatic rings. The third kappa shape index (κ3) is 4.62. The molecular weight excluding hydrogens is 505 g/mol. The van der Waals surface area contributed by atoms with Gasteiger partial charge in [0.2, 0.25) is 0 Å². The summed E-state index contributed by atoms with van der Waals surface area (Å²) in [6.45, 7) is -0.482. The zero-order valence-corrected chi connectivity index (χ0v) is 15.6. The number of halogens is 15. The van der Waals surface area contributed by atoms with Gasteiger partial charge in [0.1, 0.15) is 6.61 Å². The molecule has 0 atom stereocenters. The van der Waals surface area contributed by atoms with Gasteiger partial charge in [-0.1, -0.05) is 36.9 Å². The van der Waals surface area contributed by atoms with E-state index in [1.54, 1.807) is 0 Å². The van der Waals surface area contributed by atoms with Gasteiger partial charge in [-0.15, -0.1) is 0 Å². The Morgan fingerprint density at radius 1 is 0.606 bits per heavy atom. The molecular formula is C17H11F15O. The lowest BCUT2D eigenvalue weighted by molar-refractivity contribution is -0.453. The zero-order valence-electron chi connectivity index (χ0n) is 15.6. The van der Waals surface area contributed by atoms with Crippen molar-refractivity contribution in [3.8, 4) is 0 Å². The average molecular weight is 516 g/mol. The molecule has 0 N–H and O–H groups in total. The molecule has 0 amide bonds. The number of alkyl halides is 15. The van der Waals surface area contributed by atoms with Crippen LogP contribution in [0.25, 0.3) is 6.08 Å². The molecule has 16 heteroatoms. The Labute approximate surface area is 174 Å². The molecule has 0 saturated carbocycles. The van der Waals surface area contributed by atoms with Gasteiger partial charge in [0.05, 0.1) is 6.61 Å². The van der Waals surface area contributed by atoms with Crippen LogP contribution in [0.1, 0.15) is 11.1 Å². The Bertz CT molecular complexity index is 824. The van der Waals surface area contributed by atoms with Crippen molar-refractivity contribution in [1.29, 1.82) is 0 Å². The van der Waals surface area contributed by atoms with E-state index in [9.17, 15) is 65.9 Å². The van der Waals surface area contributed by atoms with Gasteiger partial charge >= 0.3 is 41.7 Å². The van der Waals surface area contributed by atoms with Crippen LogP contribution in [-0.4, -0.2) is 48.3 Å². The number of ether oxygens (including phenoxy) is 1. The molecule has 0 aliphatic heterocycles. The molecule has 0 aliphatic carbocycles. The van der Waals surface area contributed by atoms with Crippen LogP contribution in [-0.2, 0) is 11.3 Å². The summed E-state index contributed by atoms with van der Waals surface area (Å²) >= 11 is 0. The normalized spacial score (nSPS) is 15.0. The topological polar surface area (TPSA) is 9.23 Å². The second-order valence-electron chi connectivity index (χ2n) is 6.51. The monoisotopic (exact) mass is 516 g/mol. The maximum atomic E-state index is 13.6. The molecule has 0 unspecified atom stereocenters. The van der Waals surface area contributed by atoms with Crippen molar-refractivity contribution in [2.45, 2.75) is 48.3 Å². The summed E-state index contributed by atoms with van der Waals surface area (Å²) in [5, 5.41) is 0. The third-order valence-electron chi connectivity index (χ3n) is 4.16. The molecule has 1 aromatic carbocycles. The van der Waals surface area contributed by atoms with Crippen molar-refractivity contribution in [3.63, 3.8) is 0 Å². The van der Waals surface area contributed by atoms with Crippen molar-refractivity contribution >= 4 is 6.08 Å². The summed E-state index contributed by atoms with van der Waals surface area (Å²) in [4.78, 5) is 0. The van der Waals surface area contributed by atoms with Gasteiger partial charge in [0.25, 0.3) is 0 Å². The minimum absolute atomic E-state index is 0.0480. The van der Waals surface area contributed by atoms with Crippen LogP contribution in [0.4, 0.5) is 65.9 Å². The number of benzene rings is 1. The predicted molar refractivity (Wildman–Crippen MR) is 81.9 cm³/mol. The van der Waals surface area contributed by atoms with Gasteiger partial charge in [-0.3, -0.25) is 0 Å². The van der Waals surface area contributed by atoms with Gasteiger partial charge in [-0.05, 0) is 11.1 Å². The number of hydrogen-bond donors (Lipinski definition) is 0. The molecule has 190 valence electrons. The Balaban J connectivity index is 3.20. The van der Waals surface area contributed by atoms with E-state index in [0.29, 0.717) is 5.56 Å². The van der Waals surface area contributed by atoms with Crippen LogP contribution in [0.5, 0.6) is 0 Å². The first-order valence-corrected chi connectivity index (χ1v) is 8.14. The Hall–Kier alpha value is -2.13. The third-order valence-corrected chi connectivity index (χ3v) is 4.16. The summed E-state index contributed by atoms with van der Waals surface area (Å²) in [6, 6.07) is 4.90. The highest BCUT2D eigenvalue weighted by Crippen LogP contribution is 2.62. The minimum Gasteiger partial charge on any atom is -0.370 e. The van der Waals surface area contributed by atoms with Crippen molar-refractivity contribution in [2.24, 2.45) is 0 Å². The first kappa shape index (κ1) is 28.9. The van der Waals surface area contributed by atoms with Crippen molar-refractivity contribution in [1.82, 2.24) is 0 Å². The van der Waals surface area contributed by atoms with Gasteiger partial charge in [-0.25, -0.2) is 0 Å². The molecule has 0 spiro atoms. The quantitative estimate of drug-likeness (QED) is 0.299. The van der Waals surface area contributed by atoms with E-state index in [1.807, 2.05) is 0 Å². The van der Waals surface area contributed by atoms with E-state index in [4.69, 9.17) is 0 Å². The van der Waals surface area contributed by atoms with Crippen LogP contribution >= 0.6 is 0 Å². The fraction of sp³-hybridized carbons (Fsp3) is 0.529. The van der Waals surface area contributed by atoms with Crippen molar-refractivity contribution in [3.05, 3.63) is 42.0 Å². The smallest absolute Gasteiger partial charge is 0.370 e. The fourth-order valence-corrected chi connectivity index (χ4v) is 2.14. The highest BCUT2D eigenvalue weighted by atomic mass is 19.4. The van der Waals surface area contributed by atoms with E-state index in [-0.39, 0.29) is 5.56 Å². The van der Waals surface area contributed by atoms with Gasteiger partial charge in [0.15, 0.2) is 0 Å². The molecule has 0 fully saturated rings. The highest BCUT2D eigenvalue weighted by molar-refractivity contribution is 5.47. The Morgan fingerprint density at radius 3 is 1.39 bits per heavy atom. The fourth-order valence-electron chi connectivity index (χ4n) is 2.14. The molecule has 0 aromatic heterocycles. The van der Waals surface area contributed by atoms with E-state index >= 15 is 0 Å². The van der Waals surface area contributed by atoms with E-state index < -0.39 is 54.9 Å². The van der Waals surface area contributed by atoms with Crippen LogP contribution in [0, 0.1) is 0 Å². The second-order valence-corrected chi connectivity index (χ2v) is 6.51. The molecule has 1 rings (SSSR count). The van der Waals surface area contributed by atoms with Gasteiger partial charge in [0, 0.05) is 0 Å². The Morgan fingerprint density at radius 2 is 1.00 bits per heavy atom. The SMILES string of the molecule is C=Cc1ccc(COCC(F)(F)C(F)(F)C(F)(F)C(F)(F)C(F)(F)C(F)(F)C(F)(F)F)cc1. The molecule has 0 heterocycles. The van der Waals surface area contributed by atoms with Crippen LogP contribution in [0.15, 0.2) is 30.8 Å². The Kier molecular flexibility index (Phi) is 7.51. The standard InChI is InChI=1S/C17H11F15O/c1-2-9-3-5-10(6-4-9)7-33-8-11(18,19)12(20,21)13(22,23)14(24,25)15(26,27)16(28,29)17(30,31)32/h2-6H,1,7-8H2. The van der Waals surface area contributed by atoms with Gasteiger partial charge in [-0.2, -0.15) is 65.9 Å². The minimum atomic E-state index is -8.30. The van der Waals surface area contributed by atoms with Crippen LogP contribution in [0.3, 0.4) is 0 Å². The number of rotatable bonds is 10. The lowest BCUT2D eigenvalue weighted by atomic mass is 9.91. The summed E-state index contributed by atoms with van der Waals surface area (Å²) in [5.74, 6) is -46.6. The first-order chi connectivity index (χ1) is 14.5. The van der Waals surface area contributed by atoms with E-state index in [2.05, 4.69) is 11.3 Å². The summed E-state index contributed by atoms with van der Waals surface area (Å²) < 4.78 is 200. The molecule has 0 bridgehead atoms. The molecule has 0 radical (unpaired) electrons. The van der Waals surface area contributed by atoms with Gasteiger partial charge < -0.3 is 4.74 Å². The second kappa shape index (κ2) is 8.58. The maximum Gasteiger partial charge on any atom is 0.460 e. The molecule has 0 saturated heterocycles. The molecule has 33 heavy (non-hydrogen) atoms. The van der Waals surface area contributed by atoms with E-state index in [1.165, 1.54) is 18.2 Å². The predicted octanol–water partition coefficient (Wildman–Crippen LogP) is 7.22. The van der Waals surface area contributed by atoms with Crippen molar-refractivity contribution < 1.29 is 70.6 Å². The van der Waals surface area contributed by atoms with Crippen LogP contribution in [0.2, 0.25) is 0 Å².